The molecule has 1 aliphatic heterocycles. The average molecular weight is 303 g/mol. The molecule has 2 rings (SSSR count). The van der Waals surface area contributed by atoms with E-state index in [1.165, 1.54) is 7.05 Å². The molecule has 1 aromatic rings. The molecule has 1 aliphatic rings. The molecule has 1 unspecified atom stereocenters. The summed E-state index contributed by atoms with van der Waals surface area (Å²) >= 11 is 0. The number of likely N-dealkylation sites (N-methyl/N-ethyl adjacent to an activating group) is 1. The number of imide groups is 1. The molecule has 1 saturated heterocycles. The maximum absolute atomic E-state index is 11.9. The van der Waals surface area contributed by atoms with Crippen LogP contribution in [0.5, 0.6) is 0 Å². The van der Waals surface area contributed by atoms with Crippen molar-refractivity contribution in [3.8, 4) is 0 Å². The van der Waals surface area contributed by atoms with Crippen LogP contribution < -0.4 is 10.6 Å². The number of nitrogens with one attached hydrogen (secondary N) is 2. The van der Waals surface area contributed by atoms with Gasteiger partial charge in [-0.05, 0) is 23.1 Å². The Bertz CT molecular complexity index is 602. The van der Waals surface area contributed by atoms with Gasteiger partial charge in [-0.3, -0.25) is 14.5 Å². The number of nitrogens with zero attached hydrogens (tertiary/aromatic N) is 1. The van der Waals surface area contributed by atoms with Crippen molar-refractivity contribution in [1.82, 2.24) is 10.2 Å². The highest BCUT2D eigenvalue weighted by Gasteiger charge is 2.36. The summed E-state index contributed by atoms with van der Waals surface area (Å²) in [5.41, 5.74) is 1.29. The number of carbonyl (C=O) groups excluding carboxylic acids is 3. The van der Waals surface area contributed by atoms with Crippen LogP contribution in [0.2, 0.25) is 0 Å². The normalized spacial score (nSPS) is 18.4. The van der Waals surface area contributed by atoms with E-state index in [0.717, 1.165) is 4.90 Å². The minimum atomic E-state index is -0.656. The number of benzene rings is 1. The van der Waals surface area contributed by atoms with Gasteiger partial charge in [0, 0.05) is 19.2 Å². The molecule has 0 spiro atoms. The summed E-state index contributed by atoms with van der Waals surface area (Å²) in [6.07, 6.45) is 0.427. The van der Waals surface area contributed by atoms with E-state index in [4.69, 9.17) is 0 Å². The molecule has 118 valence electrons. The number of rotatable bonds is 3. The minimum absolute atomic E-state index is 0.0507. The van der Waals surface area contributed by atoms with E-state index in [0.29, 0.717) is 17.7 Å². The van der Waals surface area contributed by atoms with Crippen LogP contribution in [-0.4, -0.2) is 29.8 Å². The van der Waals surface area contributed by atoms with Crippen LogP contribution in [0.25, 0.3) is 0 Å². The highest BCUT2D eigenvalue weighted by Crippen LogP contribution is 2.23. The van der Waals surface area contributed by atoms with E-state index >= 15 is 0 Å². The van der Waals surface area contributed by atoms with Gasteiger partial charge in [0.1, 0.15) is 6.04 Å². The average Bonchev–Trinajstić information content (AvgIpc) is 2.65. The Balaban J connectivity index is 2.04. The predicted octanol–water partition coefficient (Wildman–Crippen LogP) is 2.28. The molecule has 6 nitrogen and oxygen atoms in total. The summed E-state index contributed by atoms with van der Waals surface area (Å²) < 4.78 is 0. The van der Waals surface area contributed by atoms with E-state index in [-0.39, 0.29) is 17.2 Å². The lowest BCUT2D eigenvalue weighted by atomic mass is 9.92. The number of urea groups is 1. The molecule has 6 heteroatoms. The molecule has 1 atom stereocenters. The molecule has 1 aromatic carbocycles. The zero-order valence-corrected chi connectivity index (χ0v) is 13.3. The van der Waals surface area contributed by atoms with Crippen molar-refractivity contribution >= 4 is 23.5 Å². The number of hydrogen-bond donors (Lipinski definition) is 2. The van der Waals surface area contributed by atoms with Crippen LogP contribution in [0.4, 0.5) is 10.5 Å². The highest BCUT2D eigenvalue weighted by molar-refractivity contribution is 6.04. The third-order valence-corrected chi connectivity index (χ3v) is 3.37. The SMILES string of the molecule is CN1C(=O)NC(c2ccc(NC(=O)CC(C)(C)C)cc2)C1=O. The topological polar surface area (TPSA) is 78.5 Å². The maximum atomic E-state index is 11.9. The quantitative estimate of drug-likeness (QED) is 0.841. The predicted molar refractivity (Wildman–Crippen MR) is 83.2 cm³/mol. The lowest BCUT2D eigenvalue weighted by Crippen LogP contribution is -2.25. The Kier molecular flexibility index (Phi) is 4.21. The van der Waals surface area contributed by atoms with Gasteiger partial charge in [-0.25, -0.2) is 4.79 Å². The molecular formula is C16H21N3O3. The first kappa shape index (κ1) is 16.0. The number of carbonyl (C=O) groups is 3. The third kappa shape index (κ3) is 3.63. The molecule has 0 radical (unpaired) electrons. The van der Waals surface area contributed by atoms with E-state index in [1.54, 1.807) is 24.3 Å². The zero-order chi connectivity index (χ0) is 16.5. The summed E-state index contributed by atoms with van der Waals surface area (Å²) in [6.45, 7) is 6.00. The Labute approximate surface area is 129 Å². The Morgan fingerprint density at radius 1 is 1.23 bits per heavy atom. The summed E-state index contributed by atoms with van der Waals surface area (Å²) in [6, 6.07) is 5.86. The van der Waals surface area contributed by atoms with Crippen LogP contribution in [-0.2, 0) is 9.59 Å². The number of hydrogen-bond acceptors (Lipinski definition) is 3. The Morgan fingerprint density at radius 3 is 2.27 bits per heavy atom. The Morgan fingerprint density at radius 2 is 1.82 bits per heavy atom. The second-order valence-electron chi connectivity index (χ2n) is 6.69. The van der Waals surface area contributed by atoms with Crippen LogP contribution in [0, 0.1) is 5.41 Å². The highest BCUT2D eigenvalue weighted by atomic mass is 16.2. The molecule has 1 fully saturated rings. The van der Waals surface area contributed by atoms with Gasteiger partial charge in [-0.2, -0.15) is 0 Å². The van der Waals surface area contributed by atoms with Gasteiger partial charge < -0.3 is 10.6 Å². The summed E-state index contributed by atoms with van der Waals surface area (Å²) in [5, 5.41) is 5.43. The van der Waals surface area contributed by atoms with E-state index in [2.05, 4.69) is 10.6 Å². The first-order chi connectivity index (χ1) is 10.2. The minimum Gasteiger partial charge on any atom is -0.326 e. The van der Waals surface area contributed by atoms with Crippen molar-refractivity contribution < 1.29 is 14.4 Å². The molecule has 1 heterocycles. The van der Waals surface area contributed by atoms with E-state index in [9.17, 15) is 14.4 Å². The first-order valence-corrected chi connectivity index (χ1v) is 7.15. The number of amides is 4. The zero-order valence-electron chi connectivity index (χ0n) is 13.3. The van der Waals surface area contributed by atoms with Gasteiger partial charge in [-0.1, -0.05) is 32.9 Å². The van der Waals surface area contributed by atoms with Crippen molar-refractivity contribution in [2.45, 2.75) is 33.2 Å². The maximum Gasteiger partial charge on any atom is 0.324 e. The lowest BCUT2D eigenvalue weighted by molar-refractivity contribution is -0.126. The number of anilines is 1. The van der Waals surface area contributed by atoms with Crippen LogP contribution in [0.15, 0.2) is 24.3 Å². The molecule has 0 bridgehead atoms. The van der Waals surface area contributed by atoms with Gasteiger partial charge in [0.25, 0.3) is 5.91 Å². The fourth-order valence-corrected chi connectivity index (χ4v) is 2.25. The fourth-order valence-electron chi connectivity index (χ4n) is 2.25. The summed E-state index contributed by atoms with van der Waals surface area (Å²) in [7, 11) is 1.44. The monoisotopic (exact) mass is 303 g/mol. The summed E-state index contributed by atoms with van der Waals surface area (Å²) in [5.74, 6) is -0.334. The smallest absolute Gasteiger partial charge is 0.324 e. The second kappa shape index (κ2) is 5.79. The van der Waals surface area contributed by atoms with E-state index in [1.807, 2.05) is 20.8 Å². The van der Waals surface area contributed by atoms with Crippen molar-refractivity contribution in [1.29, 1.82) is 0 Å². The van der Waals surface area contributed by atoms with Gasteiger partial charge in [-0.15, -0.1) is 0 Å². The second-order valence-corrected chi connectivity index (χ2v) is 6.69. The molecule has 2 N–H and O–H groups in total. The van der Waals surface area contributed by atoms with E-state index < -0.39 is 12.1 Å². The van der Waals surface area contributed by atoms with Crippen molar-refractivity contribution in [2.75, 3.05) is 12.4 Å². The first-order valence-electron chi connectivity index (χ1n) is 7.15. The van der Waals surface area contributed by atoms with Crippen LogP contribution in [0.1, 0.15) is 38.8 Å². The van der Waals surface area contributed by atoms with Gasteiger partial charge in [0.2, 0.25) is 5.91 Å². The molecule has 0 aliphatic carbocycles. The van der Waals surface area contributed by atoms with Crippen molar-refractivity contribution in [3.05, 3.63) is 29.8 Å². The molecule has 22 heavy (non-hydrogen) atoms. The van der Waals surface area contributed by atoms with Crippen LogP contribution >= 0.6 is 0 Å². The third-order valence-electron chi connectivity index (χ3n) is 3.37. The largest absolute Gasteiger partial charge is 0.326 e. The molecule has 4 amide bonds. The lowest BCUT2D eigenvalue weighted by Gasteiger charge is -2.17. The van der Waals surface area contributed by atoms with Crippen LogP contribution in [0.3, 0.4) is 0 Å². The molecule has 0 aromatic heterocycles. The standard InChI is InChI=1S/C16H21N3O3/c1-16(2,3)9-12(20)17-11-7-5-10(6-8-11)13-14(21)19(4)15(22)18-13/h5-8,13H,9H2,1-4H3,(H,17,20)(H,18,22). The van der Waals surface area contributed by atoms with Crippen molar-refractivity contribution in [2.24, 2.45) is 5.41 Å². The molecule has 0 saturated carbocycles. The molecular weight excluding hydrogens is 282 g/mol. The van der Waals surface area contributed by atoms with Crippen molar-refractivity contribution in [3.63, 3.8) is 0 Å². The van der Waals surface area contributed by atoms with Gasteiger partial charge in [0.05, 0.1) is 0 Å². The fraction of sp³-hybridized carbons (Fsp3) is 0.438. The Hall–Kier alpha value is -2.37. The van der Waals surface area contributed by atoms with Gasteiger partial charge >= 0.3 is 6.03 Å². The van der Waals surface area contributed by atoms with Gasteiger partial charge in [0.15, 0.2) is 0 Å². The summed E-state index contributed by atoms with van der Waals surface area (Å²) in [4.78, 5) is 36.3.